The van der Waals surface area contributed by atoms with Crippen LogP contribution in [0.25, 0.3) is 10.9 Å². The molecule has 2 heterocycles. The van der Waals surface area contributed by atoms with Crippen molar-refractivity contribution in [2.24, 2.45) is 0 Å². The van der Waals surface area contributed by atoms with E-state index in [4.69, 9.17) is 4.74 Å². The third-order valence-electron chi connectivity index (χ3n) is 5.33. The van der Waals surface area contributed by atoms with Crippen molar-refractivity contribution in [2.45, 2.75) is 0 Å². The Bertz CT molecular complexity index is 1030. The van der Waals surface area contributed by atoms with Crippen LogP contribution in [0.5, 0.6) is 5.75 Å². The van der Waals surface area contributed by atoms with Crippen LogP contribution >= 0.6 is 0 Å². The Labute approximate surface area is 169 Å². The number of benzene rings is 2. The second-order valence-electron chi connectivity index (χ2n) is 7.23. The maximum atomic E-state index is 12.7. The van der Waals surface area contributed by atoms with Crippen LogP contribution in [0.2, 0.25) is 0 Å². The van der Waals surface area contributed by atoms with E-state index in [1.807, 2.05) is 30.3 Å². The molecule has 1 saturated heterocycles. The first-order valence-corrected chi connectivity index (χ1v) is 9.59. The minimum absolute atomic E-state index is 0.324. The number of amides is 1. The number of nitrogens with one attached hydrogen (secondary N) is 2. The summed E-state index contributed by atoms with van der Waals surface area (Å²) in [5.41, 5.74) is 2.81. The van der Waals surface area contributed by atoms with Crippen LogP contribution in [0.1, 0.15) is 10.4 Å². The maximum absolute atomic E-state index is 12.7. The highest BCUT2D eigenvalue weighted by molar-refractivity contribution is 6.48. The lowest BCUT2D eigenvalue weighted by Crippen LogP contribution is -2.44. The quantitative estimate of drug-likeness (QED) is 0.516. The number of aromatic nitrogens is 1. The number of methoxy groups -OCH3 is 1. The number of H-pyrrole nitrogens is 1. The van der Waals surface area contributed by atoms with E-state index in [1.54, 1.807) is 25.4 Å². The van der Waals surface area contributed by atoms with Gasteiger partial charge >= 0.3 is 0 Å². The molecule has 3 aromatic rings. The number of rotatable bonds is 5. The molecule has 7 nitrogen and oxygen atoms in total. The van der Waals surface area contributed by atoms with E-state index in [-0.39, 0.29) is 0 Å². The van der Waals surface area contributed by atoms with Gasteiger partial charge in [0, 0.05) is 54.7 Å². The van der Waals surface area contributed by atoms with E-state index in [9.17, 15) is 9.59 Å². The molecule has 0 aliphatic carbocycles. The third-order valence-corrected chi connectivity index (χ3v) is 5.33. The second-order valence-corrected chi connectivity index (χ2v) is 7.23. The summed E-state index contributed by atoms with van der Waals surface area (Å²) in [4.78, 5) is 32.8. The van der Waals surface area contributed by atoms with Crippen LogP contribution < -0.4 is 15.0 Å². The van der Waals surface area contributed by atoms with E-state index >= 15 is 0 Å². The molecular formula is C22H24N4O3. The first-order valence-electron chi connectivity index (χ1n) is 9.59. The molecule has 150 valence electrons. The lowest BCUT2D eigenvalue weighted by molar-refractivity contribution is -0.112. The number of hydrogen-bond donors (Lipinski definition) is 2. The maximum Gasteiger partial charge on any atom is 0.296 e. The number of piperazine rings is 1. The molecule has 1 amide bonds. The molecule has 2 aromatic carbocycles. The molecule has 0 atom stereocenters. The fraction of sp³-hybridized carbons (Fsp3) is 0.273. The number of anilines is 2. The number of Topliss-reactive ketones (excluding diaryl/α,β-unsaturated/α-hetero) is 1. The average molecular weight is 392 g/mol. The number of likely N-dealkylation sites (N-methyl/N-ethyl adjacent to an activating group) is 1. The van der Waals surface area contributed by atoms with Gasteiger partial charge in [0.1, 0.15) is 5.75 Å². The number of carbonyl (C=O) groups is 2. The minimum Gasteiger partial charge on any atom is -0.497 e. The topological polar surface area (TPSA) is 77.7 Å². The number of nitrogens with zero attached hydrogens (tertiary/aromatic N) is 2. The van der Waals surface area contributed by atoms with Gasteiger partial charge in [-0.25, -0.2) is 0 Å². The van der Waals surface area contributed by atoms with Crippen molar-refractivity contribution >= 4 is 34.0 Å². The highest BCUT2D eigenvalue weighted by atomic mass is 16.5. The van der Waals surface area contributed by atoms with Gasteiger partial charge in [0.2, 0.25) is 0 Å². The van der Waals surface area contributed by atoms with Crippen LogP contribution in [0.15, 0.2) is 48.7 Å². The van der Waals surface area contributed by atoms with Crippen molar-refractivity contribution in [1.29, 1.82) is 0 Å². The van der Waals surface area contributed by atoms with E-state index in [0.717, 1.165) is 37.4 Å². The number of aromatic amines is 1. The van der Waals surface area contributed by atoms with Gasteiger partial charge in [0.25, 0.3) is 11.7 Å². The number of carbonyl (C=O) groups excluding carboxylic acids is 2. The summed E-state index contributed by atoms with van der Waals surface area (Å²) in [7, 11) is 3.69. The summed E-state index contributed by atoms with van der Waals surface area (Å²) in [6.45, 7) is 4.01. The molecule has 2 N–H and O–H groups in total. The van der Waals surface area contributed by atoms with Crippen molar-refractivity contribution in [1.82, 2.24) is 9.88 Å². The fourth-order valence-corrected chi connectivity index (χ4v) is 3.54. The lowest BCUT2D eigenvalue weighted by Gasteiger charge is -2.34. The van der Waals surface area contributed by atoms with Crippen LogP contribution in [0, 0.1) is 0 Å². The van der Waals surface area contributed by atoms with Gasteiger partial charge in [-0.15, -0.1) is 0 Å². The average Bonchev–Trinajstić information content (AvgIpc) is 3.17. The van der Waals surface area contributed by atoms with Gasteiger partial charge in [-0.05, 0) is 49.5 Å². The first-order chi connectivity index (χ1) is 14.0. The highest BCUT2D eigenvalue weighted by Gasteiger charge is 2.21. The van der Waals surface area contributed by atoms with Gasteiger partial charge in [0.15, 0.2) is 0 Å². The van der Waals surface area contributed by atoms with Crippen LogP contribution in [0.3, 0.4) is 0 Å². The van der Waals surface area contributed by atoms with Gasteiger partial charge < -0.3 is 24.8 Å². The molecule has 0 spiro atoms. The number of ether oxygens (including phenoxy) is 1. The molecule has 29 heavy (non-hydrogen) atoms. The normalized spacial score (nSPS) is 14.8. The predicted molar refractivity (Wildman–Crippen MR) is 114 cm³/mol. The Morgan fingerprint density at radius 2 is 1.76 bits per heavy atom. The van der Waals surface area contributed by atoms with Crippen molar-refractivity contribution < 1.29 is 14.3 Å². The summed E-state index contributed by atoms with van der Waals surface area (Å²) in [6.07, 6.45) is 1.56. The molecule has 1 fully saturated rings. The molecular weight excluding hydrogens is 368 g/mol. The van der Waals surface area contributed by atoms with Gasteiger partial charge in [-0.2, -0.15) is 0 Å². The molecule has 4 rings (SSSR count). The van der Waals surface area contributed by atoms with Crippen LogP contribution in [0.4, 0.5) is 11.4 Å². The molecule has 1 aliphatic heterocycles. The van der Waals surface area contributed by atoms with Crippen molar-refractivity contribution in [3.8, 4) is 5.75 Å². The van der Waals surface area contributed by atoms with E-state index in [1.165, 1.54) is 0 Å². The second kappa shape index (κ2) is 7.97. The van der Waals surface area contributed by atoms with Crippen LogP contribution in [-0.4, -0.2) is 61.9 Å². The Balaban J connectivity index is 1.46. The van der Waals surface area contributed by atoms with Crippen molar-refractivity contribution in [3.63, 3.8) is 0 Å². The van der Waals surface area contributed by atoms with Crippen molar-refractivity contribution in [2.75, 3.05) is 50.6 Å². The van der Waals surface area contributed by atoms with Crippen molar-refractivity contribution in [3.05, 3.63) is 54.2 Å². The Kier molecular flexibility index (Phi) is 5.22. The summed E-state index contributed by atoms with van der Waals surface area (Å²) in [6, 6.07) is 13.0. The molecule has 0 saturated carbocycles. The summed E-state index contributed by atoms with van der Waals surface area (Å²) < 4.78 is 5.22. The number of hydrogen-bond acceptors (Lipinski definition) is 5. The zero-order valence-corrected chi connectivity index (χ0v) is 16.6. The SMILES string of the molecule is COc1ccc2[nH]cc(C(=O)C(=O)Nc3ccc(N4CCN(C)CC4)cc3)c2c1. The van der Waals surface area contributed by atoms with Gasteiger partial charge in [-0.3, -0.25) is 9.59 Å². The standard InChI is InChI=1S/C22H24N4O3/c1-25-9-11-26(12-10-25)16-5-3-15(4-6-16)24-22(28)21(27)19-14-23-20-8-7-17(29-2)13-18(19)20/h3-8,13-14,23H,9-12H2,1-2H3,(H,24,28). The monoisotopic (exact) mass is 392 g/mol. The summed E-state index contributed by atoms with van der Waals surface area (Å²) in [5.74, 6) is -0.625. The molecule has 0 unspecified atom stereocenters. The Morgan fingerprint density at radius 1 is 1.03 bits per heavy atom. The smallest absolute Gasteiger partial charge is 0.296 e. The third kappa shape index (κ3) is 3.95. The lowest BCUT2D eigenvalue weighted by atomic mass is 10.1. The predicted octanol–water partition coefficient (Wildman–Crippen LogP) is 2.75. The molecule has 0 bridgehead atoms. The Hall–Kier alpha value is -3.32. The summed E-state index contributed by atoms with van der Waals surface area (Å²) in [5, 5.41) is 3.36. The van der Waals surface area contributed by atoms with E-state index in [2.05, 4.69) is 27.1 Å². The van der Waals surface area contributed by atoms with E-state index in [0.29, 0.717) is 22.4 Å². The van der Waals surface area contributed by atoms with E-state index < -0.39 is 11.7 Å². The molecule has 1 aromatic heterocycles. The molecule has 1 aliphatic rings. The largest absolute Gasteiger partial charge is 0.497 e. The number of ketones is 1. The zero-order chi connectivity index (χ0) is 20.4. The van der Waals surface area contributed by atoms with Gasteiger partial charge in [0.05, 0.1) is 12.7 Å². The molecule has 0 radical (unpaired) electrons. The van der Waals surface area contributed by atoms with Crippen LogP contribution in [-0.2, 0) is 4.79 Å². The minimum atomic E-state index is -0.666. The molecule has 7 heteroatoms. The first kappa shape index (κ1) is 19.0. The summed E-state index contributed by atoms with van der Waals surface area (Å²) >= 11 is 0. The number of fused-ring (bicyclic) bond motifs is 1. The zero-order valence-electron chi connectivity index (χ0n) is 16.6. The Morgan fingerprint density at radius 3 is 2.45 bits per heavy atom. The van der Waals surface area contributed by atoms with Gasteiger partial charge in [-0.1, -0.05) is 0 Å². The fourth-order valence-electron chi connectivity index (χ4n) is 3.54. The highest BCUT2D eigenvalue weighted by Crippen LogP contribution is 2.25.